The second-order valence-electron chi connectivity index (χ2n) is 6.28. The molecule has 0 aromatic heterocycles. The summed E-state index contributed by atoms with van der Waals surface area (Å²) < 4.78 is 0. The van der Waals surface area contributed by atoms with Gasteiger partial charge in [0, 0.05) is 12.3 Å². The van der Waals surface area contributed by atoms with Gasteiger partial charge in [0.1, 0.15) is 0 Å². The Balaban J connectivity index is 2.71. The molecule has 0 aromatic rings. The molecule has 1 aliphatic rings. The van der Waals surface area contributed by atoms with Crippen molar-refractivity contribution in [2.75, 3.05) is 0 Å². The van der Waals surface area contributed by atoms with E-state index < -0.39 is 0 Å². The van der Waals surface area contributed by atoms with Gasteiger partial charge >= 0.3 is 0 Å². The van der Waals surface area contributed by atoms with Crippen LogP contribution in [-0.2, 0) is 9.59 Å². The van der Waals surface area contributed by atoms with Gasteiger partial charge in [0.25, 0.3) is 0 Å². The van der Waals surface area contributed by atoms with Crippen LogP contribution in [0.3, 0.4) is 0 Å². The molecule has 0 bridgehead atoms. The highest BCUT2D eigenvalue weighted by molar-refractivity contribution is 5.99. The van der Waals surface area contributed by atoms with Gasteiger partial charge in [-0.3, -0.25) is 14.9 Å². The summed E-state index contributed by atoms with van der Waals surface area (Å²) in [6.07, 6.45) is 6.25. The molecule has 1 aliphatic heterocycles. The number of hydrogen-bond donors (Lipinski definition) is 1. The summed E-state index contributed by atoms with van der Waals surface area (Å²) in [4.78, 5) is 23.6. The molecule has 2 unspecified atom stereocenters. The topological polar surface area (TPSA) is 46.2 Å². The van der Waals surface area contributed by atoms with E-state index >= 15 is 0 Å². The van der Waals surface area contributed by atoms with E-state index in [2.05, 4.69) is 33.0 Å². The number of nitrogens with one attached hydrogen (secondary N) is 1. The first-order chi connectivity index (χ1) is 8.40. The number of rotatable bonds is 6. The number of piperidine rings is 1. The molecule has 0 saturated carbocycles. The number of carbonyl (C=O) groups excluding carboxylic acids is 2. The fraction of sp³-hybridized carbons (Fsp3) is 0.867. The molecular weight excluding hydrogens is 226 g/mol. The SMILES string of the molecule is CCCCCCC1(C)CC(=O)NC(=O)C1C(C)C. The first-order valence-corrected chi connectivity index (χ1v) is 7.24. The van der Waals surface area contributed by atoms with Gasteiger partial charge in [-0.1, -0.05) is 53.4 Å². The third-order valence-electron chi connectivity index (χ3n) is 4.13. The largest absolute Gasteiger partial charge is 0.296 e. The molecule has 0 aromatic carbocycles. The smallest absolute Gasteiger partial charge is 0.230 e. The van der Waals surface area contributed by atoms with Crippen LogP contribution in [0.15, 0.2) is 0 Å². The maximum absolute atomic E-state index is 12.0. The normalized spacial score (nSPS) is 28.6. The Morgan fingerprint density at radius 1 is 1.28 bits per heavy atom. The molecule has 1 heterocycles. The van der Waals surface area contributed by atoms with E-state index in [0.717, 1.165) is 12.8 Å². The van der Waals surface area contributed by atoms with Crippen molar-refractivity contribution >= 4 is 11.8 Å². The van der Waals surface area contributed by atoms with Crippen LogP contribution in [-0.4, -0.2) is 11.8 Å². The fourth-order valence-corrected chi connectivity index (χ4v) is 3.36. The first-order valence-electron chi connectivity index (χ1n) is 7.24. The highest BCUT2D eigenvalue weighted by Crippen LogP contribution is 2.43. The summed E-state index contributed by atoms with van der Waals surface area (Å²) in [7, 11) is 0. The molecule has 1 saturated heterocycles. The molecule has 3 heteroatoms. The maximum atomic E-state index is 12.0. The van der Waals surface area contributed by atoms with Crippen molar-refractivity contribution in [3.63, 3.8) is 0 Å². The molecule has 2 atom stereocenters. The van der Waals surface area contributed by atoms with Gasteiger partial charge < -0.3 is 0 Å². The van der Waals surface area contributed by atoms with Gasteiger partial charge in [0.2, 0.25) is 11.8 Å². The summed E-state index contributed by atoms with van der Waals surface area (Å²) in [6.45, 7) is 8.45. The Morgan fingerprint density at radius 3 is 2.50 bits per heavy atom. The zero-order valence-corrected chi connectivity index (χ0v) is 12.2. The lowest BCUT2D eigenvalue weighted by atomic mass is 9.64. The Bertz CT molecular complexity index is 312. The van der Waals surface area contributed by atoms with Crippen LogP contribution in [0, 0.1) is 17.3 Å². The molecule has 0 aliphatic carbocycles. The zero-order chi connectivity index (χ0) is 13.8. The van der Waals surface area contributed by atoms with E-state index in [9.17, 15) is 9.59 Å². The lowest BCUT2D eigenvalue weighted by molar-refractivity contribution is -0.145. The Kier molecular flexibility index (Phi) is 5.36. The van der Waals surface area contributed by atoms with Crippen LogP contribution in [0.4, 0.5) is 0 Å². The molecule has 0 spiro atoms. The van der Waals surface area contributed by atoms with Crippen molar-refractivity contribution in [2.24, 2.45) is 17.3 Å². The maximum Gasteiger partial charge on any atom is 0.230 e. The van der Waals surface area contributed by atoms with Crippen LogP contribution in [0.2, 0.25) is 0 Å². The van der Waals surface area contributed by atoms with Crippen LogP contribution >= 0.6 is 0 Å². The van der Waals surface area contributed by atoms with Gasteiger partial charge in [-0.2, -0.15) is 0 Å². The Hall–Kier alpha value is -0.860. The summed E-state index contributed by atoms with van der Waals surface area (Å²) in [5.41, 5.74) is -0.151. The van der Waals surface area contributed by atoms with E-state index in [-0.39, 0.29) is 29.1 Å². The molecule has 1 fully saturated rings. The second-order valence-corrected chi connectivity index (χ2v) is 6.28. The minimum atomic E-state index is -0.151. The molecule has 1 N–H and O–H groups in total. The standard InChI is InChI=1S/C15H27NO2/c1-5-6-7-8-9-15(4)10-12(17)16-14(18)13(15)11(2)3/h11,13H,5-10H2,1-4H3,(H,16,17,18). The van der Waals surface area contributed by atoms with E-state index in [1.807, 2.05) is 0 Å². The molecular formula is C15H27NO2. The molecule has 2 amide bonds. The average Bonchev–Trinajstić information content (AvgIpc) is 2.22. The van der Waals surface area contributed by atoms with Gasteiger partial charge in [0.05, 0.1) is 0 Å². The Labute approximate surface area is 111 Å². The highest BCUT2D eigenvalue weighted by Gasteiger charge is 2.45. The van der Waals surface area contributed by atoms with Crippen molar-refractivity contribution in [3.8, 4) is 0 Å². The summed E-state index contributed by atoms with van der Waals surface area (Å²) in [5.74, 6) is 0.0836. The van der Waals surface area contributed by atoms with Crippen molar-refractivity contribution in [2.45, 2.75) is 66.2 Å². The van der Waals surface area contributed by atoms with E-state index in [1.165, 1.54) is 19.3 Å². The van der Waals surface area contributed by atoms with Crippen molar-refractivity contribution in [3.05, 3.63) is 0 Å². The number of amides is 2. The third-order valence-corrected chi connectivity index (χ3v) is 4.13. The van der Waals surface area contributed by atoms with Gasteiger partial charge in [-0.25, -0.2) is 0 Å². The summed E-state index contributed by atoms with van der Waals surface area (Å²) >= 11 is 0. The molecule has 3 nitrogen and oxygen atoms in total. The van der Waals surface area contributed by atoms with Crippen LogP contribution in [0.1, 0.15) is 66.2 Å². The van der Waals surface area contributed by atoms with E-state index in [4.69, 9.17) is 0 Å². The van der Waals surface area contributed by atoms with E-state index in [1.54, 1.807) is 0 Å². The first kappa shape index (κ1) is 15.2. The zero-order valence-electron chi connectivity index (χ0n) is 12.2. The van der Waals surface area contributed by atoms with Crippen LogP contribution < -0.4 is 5.32 Å². The fourth-order valence-electron chi connectivity index (χ4n) is 3.36. The third kappa shape index (κ3) is 3.56. The molecule has 104 valence electrons. The monoisotopic (exact) mass is 253 g/mol. The van der Waals surface area contributed by atoms with Crippen molar-refractivity contribution in [1.82, 2.24) is 5.32 Å². The number of carbonyl (C=O) groups is 2. The minimum Gasteiger partial charge on any atom is -0.296 e. The lowest BCUT2D eigenvalue weighted by Crippen LogP contribution is -2.52. The molecule has 1 rings (SSSR count). The van der Waals surface area contributed by atoms with Crippen LogP contribution in [0.25, 0.3) is 0 Å². The molecule has 18 heavy (non-hydrogen) atoms. The quantitative estimate of drug-likeness (QED) is 0.583. The van der Waals surface area contributed by atoms with Crippen LogP contribution in [0.5, 0.6) is 0 Å². The van der Waals surface area contributed by atoms with Crippen molar-refractivity contribution < 1.29 is 9.59 Å². The second kappa shape index (κ2) is 6.35. The van der Waals surface area contributed by atoms with Crippen molar-refractivity contribution in [1.29, 1.82) is 0 Å². The highest BCUT2D eigenvalue weighted by atomic mass is 16.2. The van der Waals surface area contributed by atoms with E-state index in [0.29, 0.717) is 6.42 Å². The lowest BCUT2D eigenvalue weighted by Gasteiger charge is -2.42. The summed E-state index contributed by atoms with van der Waals surface area (Å²) in [6, 6.07) is 0. The summed E-state index contributed by atoms with van der Waals surface area (Å²) in [5, 5.41) is 2.49. The Morgan fingerprint density at radius 2 is 1.94 bits per heavy atom. The van der Waals surface area contributed by atoms with Gasteiger partial charge in [-0.15, -0.1) is 0 Å². The number of hydrogen-bond acceptors (Lipinski definition) is 2. The average molecular weight is 253 g/mol. The predicted molar refractivity (Wildman–Crippen MR) is 73.0 cm³/mol. The number of unbranched alkanes of at least 4 members (excludes halogenated alkanes) is 3. The van der Waals surface area contributed by atoms with Gasteiger partial charge in [-0.05, 0) is 17.8 Å². The predicted octanol–water partition coefficient (Wildman–Crippen LogP) is 3.28. The molecule has 0 radical (unpaired) electrons. The minimum absolute atomic E-state index is 0.0307. The number of imide groups is 1. The van der Waals surface area contributed by atoms with Gasteiger partial charge in [0.15, 0.2) is 0 Å².